The number of halogens is 1. The van der Waals surface area contributed by atoms with E-state index in [2.05, 4.69) is 132 Å². The zero-order valence-electron chi connectivity index (χ0n) is 39.1. The van der Waals surface area contributed by atoms with Crippen LogP contribution >= 0.6 is 7.92 Å². The Morgan fingerprint density at radius 2 is 0.847 bits per heavy atom. The summed E-state index contributed by atoms with van der Waals surface area (Å²) in [5, 5.41) is 1.83. The molecule has 0 N–H and O–H groups in total. The zero-order valence-corrected chi connectivity index (χ0v) is 42.5. The maximum Gasteiger partial charge on any atom is 2.00 e. The van der Waals surface area contributed by atoms with E-state index in [9.17, 15) is 0 Å². The van der Waals surface area contributed by atoms with Crippen molar-refractivity contribution in [2.45, 2.75) is 194 Å². The van der Waals surface area contributed by atoms with Crippen LogP contribution in [-0.2, 0) is 20.4 Å². The summed E-state index contributed by atoms with van der Waals surface area (Å²) >= 11 is 0. The van der Waals surface area contributed by atoms with Gasteiger partial charge in [0.15, 0.2) is 0 Å². The van der Waals surface area contributed by atoms with E-state index in [4.69, 9.17) is 4.74 Å². The molecule has 2 aliphatic rings. The summed E-state index contributed by atoms with van der Waals surface area (Å²) < 4.78 is 4.89. The fourth-order valence-electron chi connectivity index (χ4n) is 9.89. The maximum absolute atomic E-state index is 4.89. The Morgan fingerprint density at radius 3 is 1.12 bits per heavy atom. The monoisotopic (exact) mass is 927 g/mol. The molecule has 2 aliphatic carbocycles. The average Bonchev–Trinajstić information content (AvgIpc) is 3.21. The van der Waals surface area contributed by atoms with Crippen molar-refractivity contribution in [3.8, 4) is 28.0 Å². The van der Waals surface area contributed by atoms with E-state index in [-0.39, 0.29) is 32.8 Å². The molecular formula is C55H79ClOPPd+. The van der Waals surface area contributed by atoms with Gasteiger partial charge >= 0.3 is 20.4 Å². The van der Waals surface area contributed by atoms with Crippen LogP contribution < -0.4 is 22.4 Å². The molecule has 0 bridgehead atoms. The van der Waals surface area contributed by atoms with Crippen LogP contribution in [0.5, 0.6) is 5.75 Å². The molecule has 4 aromatic carbocycles. The number of rotatable bonds is 12. The molecule has 0 spiro atoms. The second kappa shape index (κ2) is 24.1. The van der Waals surface area contributed by atoms with Gasteiger partial charge < -0.3 is 17.1 Å². The first-order chi connectivity index (χ1) is 27.2. The van der Waals surface area contributed by atoms with Crippen molar-refractivity contribution in [1.29, 1.82) is 0 Å². The summed E-state index contributed by atoms with van der Waals surface area (Å²) in [6.07, 6.45) is 14.4. The van der Waals surface area contributed by atoms with Gasteiger partial charge in [-0.15, -0.1) is 12.1 Å². The normalized spacial score (nSPS) is 15.2. The Bertz CT molecular complexity index is 1690. The van der Waals surface area contributed by atoms with Crippen LogP contribution in [0.25, 0.3) is 22.3 Å². The van der Waals surface area contributed by atoms with Crippen LogP contribution in [0.3, 0.4) is 0 Å². The third-order valence-corrected chi connectivity index (χ3v) is 17.2. The molecule has 1 nitrogen and oxygen atoms in total. The van der Waals surface area contributed by atoms with Crippen LogP contribution in [0.2, 0.25) is 0 Å². The molecule has 4 heteroatoms. The quantitative estimate of drug-likeness (QED) is 0.0781. The van der Waals surface area contributed by atoms with Gasteiger partial charge in [0, 0.05) is 24.8 Å². The second-order valence-electron chi connectivity index (χ2n) is 19.4. The standard InChI is InChI=1S/C48H71P.C7H7O.ClH.Pd/c1-30(2)36-26-42(32(5)6)46(43(27-36)33(7)8)40-24-19-25-41(47-44(34(9)10)28-37(31(3)4)29-45(47)35(11)12)48(40)49(38-20-15-13-16-21-38)39-22-17-14-18-23-39;1-8-7-5-3-2-4-6-7;;/h19,24-35,38-39H,13-18,20-23H2,1-12H3;3-6H,1H3;1H;/q;-1;;+2. The van der Waals surface area contributed by atoms with Crippen molar-refractivity contribution in [1.82, 2.24) is 0 Å². The number of hydrogen-bond donors (Lipinski definition) is 0. The van der Waals surface area contributed by atoms with Crippen molar-refractivity contribution in [2.75, 3.05) is 7.11 Å². The molecule has 0 atom stereocenters. The number of ether oxygens (including phenoxy) is 1. The first kappa shape index (κ1) is 51.4. The third kappa shape index (κ3) is 12.6. The molecule has 0 unspecified atom stereocenters. The van der Waals surface area contributed by atoms with E-state index in [0.29, 0.717) is 35.5 Å². The van der Waals surface area contributed by atoms with Gasteiger partial charge in [0.2, 0.25) is 0 Å². The molecule has 0 aliphatic heterocycles. The molecule has 2 fully saturated rings. The second-order valence-corrected chi connectivity index (χ2v) is 22.4. The summed E-state index contributed by atoms with van der Waals surface area (Å²) in [5.74, 6) is 3.84. The van der Waals surface area contributed by atoms with Crippen LogP contribution in [0, 0.1) is 6.07 Å². The zero-order chi connectivity index (χ0) is 41.4. The molecule has 2 saturated carbocycles. The number of hydrogen-bond acceptors (Lipinski definition) is 1. The predicted molar refractivity (Wildman–Crippen MR) is 255 cm³/mol. The van der Waals surface area contributed by atoms with Crippen LogP contribution in [0.15, 0.2) is 66.7 Å². The van der Waals surface area contributed by atoms with Crippen LogP contribution in [0.4, 0.5) is 0 Å². The fraction of sp³-hybridized carbons (Fsp3) is 0.564. The van der Waals surface area contributed by atoms with E-state index >= 15 is 0 Å². The molecule has 59 heavy (non-hydrogen) atoms. The Balaban J connectivity index is 0.000000832. The Labute approximate surface area is 383 Å². The van der Waals surface area contributed by atoms with E-state index in [1.54, 1.807) is 51.6 Å². The van der Waals surface area contributed by atoms with Gasteiger partial charge in [0.1, 0.15) is 5.30 Å². The van der Waals surface area contributed by atoms with Crippen molar-refractivity contribution in [2.24, 2.45) is 0 Å². The SMILES string of the molecule is CC(C)c1cc(C(C)C)c(-c2cccc(-c3c(C(C)C)cc(C(C)C)cc3C(C)C)c2[PH+](C2CCCCC2)C2CCCCC2)c(C(C)C)c1.COc1cc[c-]cc1.[Cl-].[Pd+2]. The minimum Gasteiger partial charge on any atom is -1.00 e. The maximum atomic E-state index is 4.89. The largest absolute Gasteiger partial charge is 2.00 e. The predicted octanol–water partition coefficient (Wildman–Crippen LogP) is 13.8. The molecule has 0 aromatic heterocycles. The Morgan fingerprint density at radius 1 is 0.508 bits per heavy atom. The Kier molecular flexibility index (Phi) is 21.0. The van der Waals surface area contributed by atoms with Gasteiger partial charge in [-0.2, -0.15) is 18.2 Å². The molecular weight excluding hydrogens is 849 g/mol. The molecule has 6 rings (SSSR count). The third-order valence-electron chi connectivity index (χ3n) is 13.2. The van der Waals surface area contributed by atoms with Crippen molar-refractivity contribution in [3.05, 3.63) is 106 Å². The van der Waals surface area contributed by atoms with Crippen molar-refractivity contribution >= 4 is 13.2 Å². The minimum absolute atomic E-state index is 0. The van der Waals surface area contributed by atoms with Crippen molar-refractivity contribution < 1.29 is 37.6 Å². The van der Waals surface area contributed by atoms with E-state index in [0.717, 1.165) is 17.1 Å². The summed E-state index contributed by atoms with van der Waals surface area (Å²) in [7, 11) is 0.752. The molecule has 4 aromatic rings. The summed E-state index contributed by atoms with van der Waals surface area (Å²) in [6, 6.07) is 28.3. The van der Waals surface area contributed by atoms with Gasteiger partial charge in [-0.3, -0.25) is 0 Å². The van der Waals surface area contributed by atoms with Crippen molar-refractivity contribution in [3.63, 3.8) is 0 Å². The van der Waals surface area contributed by atoms with Crippen LogP contribution in [0.1, 0.15) is 216 Å². The molecule has 0 heterocycles. The summed E-state index contributed by atoms with van der Waals surface area (Å²) in [5.41, 5.74) is 17.5. The molecule has 0 radical (unpaired) electrons. The fourth-order valence-corrected chi connectivity index (χ4v) is 14.5. The van der Waals surface area contributed by atoms with Gasteiger partial charge in [-0.1, -0.05) is 138 Å². The van der Waals surface area contributed by atoms with Gasteiger partial charge in [0.05, 0.1) is 18.4 Å². The van der Waals surface area contributed by atoms with E-state index in [1.165, 1.54) is 75.3 Å². The smallest absolute Gasteiger partial charge is 1.00 e. The first-order valence-electron chi connectivity index (χ1n) is 23.1. The first-order valence-corrected chi connectivity index (χ1v) is 24.8. The summed E-state index contributed by atoms with van der Waals surface area (Å²) in [6.45, 7) is 29.1. The Hall–Kier alpha value is -1.94. The van der Waals surface area contributed by atoms with Gasteiger partial charge in [-0.25, -0.2) is 0 Å². The molecule has 326 valence electrons. The van der Waals surface area contributed by atoms with E-state index in [1.807, 2.05) is 29.6 Å². The minimum atomic E-state index is -0.896. The number of benzene rings is 4. The van der Waals surface area contributed by atoms with Gasteiger partial charge in [0.25, 0.3) is 0 Å². The van der Waals surface area contributed by atoms with Gasteiger partial charge in [-0.05, 0) is 131 Å². The average molecular weight is 929 g/mol. The van der Waals surface area contributed by atoms with Crippen LogP contribution in [-0.4, -0.2) is 18.4 Å². The summed E-state index contributed by atoms with van der Waals surface area (Å²) in [4.78, 5) is 0. The molecule has 0 saturated heterocycles. The topological polar surface area (TPSA) is 9.23 Å². The number of methoxy groups -OCH3 is 1. The molecule has 0 amide bonds. The van der Waals surface area contributed by atoms with E-state index < -0.39 is 7.92 Å².